The van der Waals surface area contributed by atoms with E-state index in [0.717, 1.165) is 19.4 Å². The zero-order valence-electron chi connectivity index (χ0n) is 6.76. The first kappa shape index (κ1) is 6.71. The van der Waals surface area contributed by atoms with Crippen molar-refractivity contribution in [2.24, 2.45) is 0 Å². The summed E-state index contributed by atoms with van der Waals surface area (Å²) < 4.78 is 5.47. The Hall–Kier alpha value is -0.980. The standard InChI is InChI=1S/C10H12O/c1-8-3-2-4-10-9(7-8)5-6-11-10/h2-3,7H,4-6H2,1H3. The maximum absolute atomic E-state index is 5.47. The Bertz CT molecular complexity index is 256. The molecule has 0 spiro atoms. The summed E-state index contributed by atoms with van der Waals surface area (Å²) in [6.45, 7) is 3.01. The van der Waals surface area contributed by atoms with Crippen LogP contribution in [0.25, 0.3) is 0 Å². The molecule has 0 saturated heterocycles. The molecule has 0 atom stereocenters. The van der Waals surface area contributed by atoms with Gasteiger partial charge in [-0.3, -0.25) is 0 Å². The third-order valence-electron chi connectivity index (χ3n) is 2.09. The van der Waals surface area contributed by atoms with Crippen LogP contribution in [0.2, 0.25) is 0 Å². The molecule has 0 aromatic carbocycles. The molecule has 0 aromatic heterocycles. The first-order valence-electron chi connectivity index (χ1n) is 4.06. The zero-order valence-corrected chi connectivity index (χ0v) is 6.76. The Kier molecular flexibility index (Phi) is 1.57. The second-order valence-electron chi connectivity index (χ2n) is 3.04. The van der Waals surface area contributed by atoms with E-state index in [1.54, 1.807) is 0 Å². The Balaban J connectivity index is 2.34. The molecular weight excluding hydrogens is 136 g/mol. The summed E-state index contributed by atoms with van der Waals surface area (Å²) in [4.78, 5) is 0. The van der Waals surface area contributed by atoms with Crippen LogP contribution in [-0.4, -0.2) is 6.61 Å². The topological polar surface area (TPSA) is 9.23 Å². The summed E-state index contributed by atoms with van der Waals surface area (Å²) in [6, 6.07) is 0. The molecule has 1 aliphatic heterocycles. The van der Waals surface area contributed by atoms with E-state index >= 15 is 0 Å². The normalized spacial score (nSPS) is 22.5. The van der Waals surface area contributed by atoms with Crippen LogP contribution in [0.4, 0.5) is 0 Å². The molecule has 2 aliphatic rings. The van der Waals surface area contributed by atoms with Gasteiger partial charge in [-0.05, 0) is 12.5 Å². The van der Waals surface area contributed by atoms with Gasteiger partial charge in [0.1, 0.15) is 5.76 Å². The highest BCUT2D eigenvalue weighted by Crippen LogP contribution is 2.26. The molecule has 1 nitrogen and oxygen atoms in total. The van der Waals surface area contributed by atoms with Gasteiger partial charge in [0, 0.05) is 12.8 Å². The van der Waals surface area contributed by atoms with E-state index in [0.29, 0.717) is 0 Å². The van der Waals surface area contributed by atoms with Gasteiger partial charge in [-0.25, -0.2) is 0 Å². The van der Waals surface area contributed by atoms with E-state index in [-0.39, 0.29) is 0 Å². The van der Waals surface area contributed by atoms with Crippen molar-refractivity contribution in [1.82, 2.24) is 0 Å². The van der Waals surface area contributed by atoms with Crippen LogP contribution in [0.1, 0.15) is 19.8 Å². The predicted octanol–water partition coefficient (Wildman–Crippen LogP) is 2.57. The molecule has 1 aliphatic carbocycles. The lowest BCUT2D eigenvalue weighted by Crippen LogP contribution is -1.82. The third kappa shape index (κ3) is 1.23. The second-order valence-corrected chi connectivity index (χ2v) is 3.04. The van der Waals surface area contributed by atoms with Gasteiger partial charge in [0.25, 0.3) is 0 Å². The minimum Gasteiger partial charge on any atom is -0.497 e. The smallest absolute Gasteiger partial charge is 0.103 e. The molecule has 0 saturated carbocycles. The number of hydrogen-bond donors (Lipinski definition) is 0. The molecule has 1 heteroatoms. The van der Waals surface area contributed by atoms with Crippen molar-refractivity contribution in [3.05, 3.63) is 35.1 Å². The van der Waals surface area contributed by atoms with Gasteiger partial charge < -0.3 is 4.74 Å². The largest absolute Gasteiger partial charge is 0.497 e. The number of rotatable bonds is 0. The van der Waals surface area contributed by atoms with E-state index < -0.39 is 0 Å². The molecule has 0 N–H and O–H groups in total. The minimum atomic E-state index is 0.877. The third-order valence-corrected chi connectivity index (χ3v) is 2.09. The number of hydrogen-bond acceptors (Lipinski definition) is 1. The van der Waals surface area contributed by atoms with Gasteiger partial charge in [0.15, 0.2) is 0 Å². The summed E-state index contributed by atoms with van der Waals surface area (Å²) in [6.07, 6.45) is 8.62. The lowest BCUT2D eigenvalue weighted by atomic mass is 10.1. The lowest BCUT2D eigenvalue weighted by molar-refractivity contribution is 0.240. The molecule has 0 fully saturated rings. The zero-order chi connectivity index (χ0) is 7.68. The quantitative estimate of drug-likeness (QED) is 0.513. The van der Waals surface area contributed by atoms with E-state index in [2.05, 4.69) is 25.2 Å². The van der Waals surface area contributed by atoms with Crippen molar-refractivity contribution < 1.29 is 4.74 Å². The maximum Gasteiger partial charge on any atom is 0.103 e. The molecule has 0 radical (unpaired) electrons. The minimum absolute atomic E-state index is 0.877. The molecule has 2 rings (SSSR count). The summed E-state index contributed by atoms with van der Waals surface area (Å²) in [5.74, 6) is 1.18. The number of ether oxygens (including phenoxy) is 1. The molecule has 0 bridgehead atoms. The van der Waals surface area contributed by atoms with Crippen LogP contribution in [0.5, 0.6) is 0 Å². The summed E-state index contributed by atoms with van der Waals surface area (Å²) in [5, 5.41) is 0. The average Bonchev–Trinajstić information content (AvgIpc) is 2.31. The van der Waals surface area contributed by atoms with Crippen molar-refractivity contribution in [2.75, 3.05) is 6.61 Å². The van der Waals surface area contributed by atoms with Gasteiger partial charge in [0.2, 0.25) is 0 Å². The maximum atomic E-state index is 5.47. The Morgan fingerprint density at radius 3 is 3.27 bits per heavy atom. The van der Waals surface area contributed by atoms with Crippen molar-refractivity contribution in [2.45, 2.75) is 19.8 Å². The van der Waals surface area contributed by atoms with Gasteiger partial charge in [-0.1, -0.05) is 23.8 Å². The van der Waals surface area contributed by atoms with Crippen LogP contribution in [0, 0.1) is 0 Å². The molecule has 0 aromatic rings. The van der Waals surface area contributed by atoms with E-state index in [9.17, 15) is 0 Å². The van der Waals surface area contributed by atoms with Crippen LogP contribution >= 0.6 is 0 Å². The fourth-order valence-corrected chi connectivity index (χ4v) is 1.53. The first-order chi connectivity index (χ1) is 5.36. The fourth-order valence-electron chi connectivity index (χ4n) is 1.53. The molecule has 1 heterocycles. The monoisotopic (exact) mass is 148 g/mol. The SMILES string of the molecule is CC1=CC2=C(CC=C1)OCC2. The molecule has 0 unspecified atom stereocenters. The Morgan fingerprint density at radius 1 is 1.45 bits per heavy atom. The predicted molar refractivity (Wildman–Crippen MR) is 45.1 cm³/mol. The molecule has 58 valence electrons. The molecular formula is C10H12O. The number of allylic oxidation sites excluding steroid dienone is 4. The summed E-state index contributed by atoms with van der Waals surface area (Å²) in [5.41, 5.74) is 2.73. The fraction of sp³-hybridized carbons (Fsp3) is 0.400. The van der Waals surface area contributed by atoms with Gasteiger partial charge in [-0.2, -0.15) is 0 Å². The first-order valence-corrected chi connectivity index (χ1v) is 4.06. The van der Waals surface area contributed by atoms with Gasteiger partial charge >= 0.3 is 0 Å². The summed E-state index contributed by atoms with van der Waals surface area (Å²) >= 11 is 0. The van der Waals surface area contributed by atoms with Gasteiger partial charge in [-0.15, -0.1) is 0 Å². The highest BCUT2D eigenvalue weighted by molar-refractivity contribution is 5.36. The lowest BCUT2D eigenvalue weighted by Gasteiger charge is -1.97. The molecule has 0 amide bonds. The van der Waals surface area contributed by atoms with E-state index in [1.807, 2.05) is 0 Å². The van der Waals surface area contributed by atoms with E-state index in [4.69, 9.17) is 4.74 Å². The van der Waals surface area contributed by atoms with Crippen molar-refractivity contribution >= 4 is 0 Å². The van der Waals surface area contributed by atoms with Crippen molar-refractivity contribution in [3.63, 3.8) is 0 Å². The highest BCUT2D eigenvalue weighted by Gasteiger charge is 2.13. The van der Waals surface area contributed by atoms with Crippen molar-refractivity contribution in [3.8, 4) is 0 Å². The van der Waals surface area contributed by atoms with E-state index in [1.165, 1.54) is 16.9 Å². The Morgan fingerprint density at radius 2 is 2.36 bits per heavy atom. The Labute approximate surface area is 67.1 Å². The van der Waals surface area contributed by atoms with Crippen LogP contribution < -0.4 is 0 Å². The highest BCUT2D eigenvalue weighted by atomic mass is 16.5. The molecule has 11 heavy (non-hydrogen) atoms. The second kappa shape index (κ2) is 2.57. The van der Waals surface area contributed by atoms with Crippen LogP contribution in [0.3, 0.4) is 0 Å². The van der Waals surface area contributed by atoms with Gasteiger partial charge in [0.05, 0.1) is 6.61 Å². The van der Waals surface area contributed by atoms with Crippen molar-refractivity contribution in [1.29, 1.82) is 0 Å². The average molecular weight is 148 g/mol. The van der Waals surface area contributed by atoms with Crippen LogP contribution in [0.15, 0.2) is 35.1 Å². The van der Waals surface area contributed by atoms with Crippen LogP contribution in [-0.2, 0) is 4.74 Å². The summed E-state index contributed by atoms with van der Waals surface area (Å²) in [7, 11) is 0.